The summed E-state index contributed by atoms with van der Waals surface area (Å²) in [5.41, 5.74) is 4.80. The molecule has 2 heterocycles. The predicted octanol–water partition coefficient (Wildman–Crippen LogP) is 6.82. The Morgan fingerprint density at radius 3 is 2.33 bits per heavy atom. The fraction of sp³-hybridized carbons (Fsp3) is 0.103. The first kappa shape index (κ1) is 23.0. The molecule has 0 unspecified atom stereocenters. The van der Waals surface area contributed by atoms with Crippen molar-refractivity contribution in [3.63, 3.8) is 0 Å². The molecule has 7 nitrogen and oxygen atoms in total. The van der Waals surface area contributed by atoms with Crippen LogP contribution in [0.5, 0.6) is 5.75 Å². The van der Waals surface area contributed by atoms with Crippen molar-refractivity contribution >= 4 is 34.2 Å². The van der Waals surface area contributed by atoms with E-state index in [9.17, 15) is 9.59 Å². The Morgan fingerprint density at radius 1 is 0.750 bits per heavy atom. The van der Waals surface area contributed by atoms with Gasteiger partial charge in [0.1, 0.15) is 17.1 Å². The number of benzene rings is 3. The zero-order valence-electron chi connectivity index (χ0n) is 20.0. The third-order valence-corrected chi connectivity index (χ3v) is 5.98. The van der Waals surface area contributed by atoms with Crippen LogP contribution in [0.1, 0.15) is 32.2 Å². The van der Waals surface area contributed by atoms with Crippen LogP contribution in [-0.4, -0.2) is 18.9 Å². The van der Waals surface area contributed by atoms with Gasteiger partial charge in [0.15, 0.2) is 11.5 Å². The average Bonchev–Trinajstić information content (AvgIpc) is 3.54. The molecule has 7 heteroatoms. The highest BCUT2D eigenvalue weighted by molar-refractivity contribution is 6.06. The molecule has 0 radical (unpaired) electrons. The third-order valence-electron chi connectivity index (χ3n) is 5.98. The van der Waals surface area contributed by atoms with Crippen molar-refractivity contribution in [3.05, 3.63) is 102 Å². The van der Waals surface area contributed by atoms with E-state index in [1.54, 1.807) is 42.5 Å². The number of aryl methyl sites for hydroxylation is 2. The van der Waals surface area contributed by atoms with Gasteiger partial charge in [0.25, 0.3) is 11.8 Å². The fourth-order valence-corrected chi connectivity index (χ4v) is 3.85. The SMILES string of the molecule is COc1cc(NC(=O)c2ccc(-c3ccc(C)c(C)c3)o2)ccc1NC(=O)c1cc2ccccc2o1. The zero-order chi connectivity index (χ0) is 25.2. The number of hydrogen-bond donors (Lipinski definition) is 2. The van der Waals surface area contributed by atoms with E-state index in [2.05, 4.69) is 10.6 Å². The first-order valence-electron chi connectivity index (χ1n) is 11.4. The molecule has 2 amide bonds. The van der Waals surface area contributed by atoms with Crippen LogP contribution < -0.4 is 15.4 Å². The molecule has 5 aromatic rings. The maximum Gasteiger partial charge on any atom is 0.291 e. The lowest BCUT2D eigenvalue weighted by Gasteiger charge is -2.12. The number of fused-ring (bicyclic) bond motifs is 1. The number of carbonyl (C=O) groups excluding carboxylic acids is 2. The maximum atomic E-state index is 12.8. The molecule has 36 heavy (non-hydrogen) atoms. The molecule has 2 aromatic heterocycles. The topological polar surface area (TPSA) is 93.7 Å². The Morgan fingerprint density at radius 2 is 1.56 bits per heavy atom. The summed E-state index contributed by atoms with van der Waals surface area (Å²) in [5.74, 6) is 0.566. The van der Waals surface area contributed by atoms with Gasteiger partial charge in [0.05, 0.1) is 12.8 Å². The van der Waals surface area contributed by atoms with Gasteiger partial charge in [0.2, 0.25) is 0 Å². The summed E-state index contributed by atoms with van der Waals surface area (Å²) in [5, 5.41) is 6.44. The number of furan rings is 2. The number of nitrogens with one attached hydrogen (secondary N) is 2. The highest BCUT2D eigenvalue weighted by Gasteiger charge is 2.17. The normalized spacial score (nSPS) is 10.9. The molecule has 0 aliphatic heterocycles. The van der Waals surface area contributed by atoms with Gasteiger partial charge in [-0.25, -0.2) is 0 Å². The van der Waals surface area contributed by atoms with Gasteiger partial charge in [-0.1, -0.05) is 30.3 Å². The van der Waals surface area contributed by atoms with E-state index >= 15 is 0 Å². The summed E-state index contributed by atoms with van der Waals surface area (Å²) >= 11 is 0. The number of carbonyl (C=O) groups is 2. The van der Waals surface area contributed by atoms with E-state index in [0.717, 1.165) is 16.5 Å². The quantitative estimate of drug-likeness (QED) is 0.278. The third kappa shape index (κ3) is 4.59. The molecule has 180 valence electrons. The van der Waals surface area contributed by atoms with E-state index in [4.69, 9.17) is 13.6 Å². The van der Waals surface area contributed by atoms with Gasteiger partial charge in [-0.15, -0.1) is 0 Å². The number of hydrogen-bond acceptors (Lipinski definition) is 5. The Hall–Kier alpha value is -4.78. The van der Waals surface area contributed by atoms with Gasteiger partial charge in [0, 0.05) is 22.7 Å². The predicted molar refractivity (Wildman–Crippen MR) is 139 cm³/mol. The molecule has 0 aliphatic carbocycles. The van der Waals surface area contributed by atoms with Crippen LogP contribution >= 0.6 is 0 Å². The van der Waals surface area contributed by atoms with E-state index in [0.29, 0.717) is 28.5 Å². The number of ether oxygens (including phenoxy) is 1. The van der Waals surface area contributed by atoms with E-state index in [1.165, 1.54) is 12.7 Å². The molecule has 3 aromatic carbocycles. The van der Waals surface area contributed by atoms with Crippen LogP contribution in [0.2, 0.25) is 0 Å². The minimum Gasteiger partial charge on any atom is -0.494 e. The van der Waals surface area contributed by atoms with Gasteiger partial charge in [-0.3, -0.25) is 9.59 Å². The van der Waals surface area contributed by atoms with Crippen LogP contribution in [0.4, 0.5) is 11.4 Å². The van der Waals surface area contributed by atoms with E-state index in [-0.39, 0.29) is 11.5 Å². The maximum absolute atomic E-state index is 12.8. The second-order valence-electron chi connectivity index (χ2n) is 8.43. The number of methoxy groups -OCH3 is 1. The highest BCUT2D eigenvalue weighted by Crippen LogP contribution is 2.30. The van der Waals surface area contributed by atoms with Gasteiger partial charge < -0.3 is 24.2 Å². The lowest BCUT2D eigenvalue weighted by Crippen LogP contribution is -2.13. The van der Waals surface area contributed by atoms with Crippen LogP contribution in [0.3, 0.4) is 0 Å². The molecule has 0 saturated heterocycles. The van der Waals surface area contributed by atoms with Crippen LogP contribution in [0.25, 0.3) is 22.3 Å². The molecular weight excluding hydrogens is 456 g/mol. The number of rotatable bonds is 6. The molecule has 0 saturated carbocycles. The van der Waals surface area contributed by atoms with Crippen molar-refractivity contribution in [1.29, 1.82) is 0 Å². The molecule has 5 rings (SSSR count). The Kier molecular flexibility index (Phi) is 6.04. The lowest BCUT2D eigenvalue weighted by atomic mass is 10.1. The van der Waals surface area contributed by atoms with Crippen LogP contribution in [-0.2, 0) is 0 Å². The Bertz CT molecular complexity index is 1560. The number of anilines is 2. The monoisotopic (exact) mass is 480 g/mol. The van der Waals surface area contributed by atoms with Crippen molar-refractivity contribution in [3.8, 4) is 17.1 Å². The van der Waals surface area contributed by atoms with Crippen molar-refractivity contribution in [2.75, 3.05) is 17.7 Å². The van der Waals surface area contributed by atoms with Crippen LogP contribution in [0, 0.1) is 13.8 Å². The van der Waals surface area contributed by atoms with Gasteiger partial charge >= 0.3 is 0 Å². The van der Waals surface area contributed by atoms with Crippen molar-refractivity contribution in [2.24, 2.45) is 0 Å². The smallest absolute Gasteiger partial charge is 0.291 e. The van der Waals surface area contributed by atoms with Crippen molar-refractivity contribution in [2.45, 2.75) is 13.8 Å². The molecule has 0 aliphatic rings. The van der Waals surface area contributed by atoms with Crippen molar-refractivity contribution in [1.82, 2.24) is 0 Å². The minimum absolute atomic E-state index is 0.185. The standard InChI is InChI=1S/C29H24N2O5/c1-17-8-9-20(14-18(17)2)24-12-13-25(35-24)28(32)30-21-10-11-22(26(16-21)34-3)31-29(33)27-15-19-6-4-5-7-23(19)36-27/h4-16H,1-3H3,(H,30,32)(H,31,33). The first-order valence-corrected chi connectivity index (χ1v) is 11.4. The summed E-state index contributed by atoms with van der Waals surface area (Å²) < 4.78 is 16.9. The summed E-state index contributed by atoms with van der Waals surface area (Å²) in [6.45, 7) is 4.08. The molecule has 0 spiro atoms. The molecule has 0 atom stereocenters. The summed E-state index contributed by atoms with van der Waals surface area (Å²) in [7, 11) is 1.49. The number of amides is 2. The second-order valence-corrected chi connectivity index (χ2v) is 8.43. The second kappa shape index (κ2) is 9.46. The Labute approximate surface area is 207 Å². The molecule has 0 fully saturated rings. The van der Waals surface area contributed by atoms with E-state index in [1.807, 2.05) is 50.2 Å². The lowest BCUT2D eigenvalue weighted by molar-refractivity contribution is 0.0990. The van der Waals surface area contributed by atoms with E-state index < -0.39 is 11.8 Å². The highest BCUT2D eigenvalue weighted by atomic mass is 16.5. The Balaban J connectivity index is 1.30. The molecule has 0 bridgehead atoms. The van der Waals surface area contributed by atoms with Gasteiger partial charge in [-0.2, -0.15) is 0 Å². The zero-order valence-corrected chi connectivity index (χ0v) is 20.0. The molecule has 2 N–H and O–H groups in total. The molecular formula is C29H24N2O5. The number of para-hydroxylation sites is 1. The van der Waals surface area contributed by atoms with Gasteiger partial charge in [-0.05, 0) is 67.4 Å². The first-order chi connectivity index (χ1) is 17.4. The average molecular weight is 481 g/mol. The minimum atomic E-state index is -0.407. The summed E-state index contributed by atoms with van der Waals surface area (Å²) in [6, 6.07) is 23.4. The summed E-state index contributed by atoms with van der Waals surface area (Å²) in [6.07, 6.45) is 0. The van der Waals surface area contributed by atoms with Crippen molar-refractivity contribution < 1.29 is 23.2 Å². The van der Waals surface area contributed by atoms with Crippen LogP contribution in [0.15, 0.2) is 87.7 Å². The fourth-order valence-electron chi connectivity index (χ4n) is 3.85. The summed E-state index contributed by atoms with van der Waals surface area (Å²) in [4.78, 5) is 25.5. The largest absolute Gasteiger partial charge is 0.494 e.